The lowest BCUT2D eigenvalue weighted by Crippen LogP contribution is -2.27. The Kier molecular flexibility index (Phi) is 7.49. The molecule has 2 aromatic heterocycles. The van der Waals surface area contributed by atoms with Crippen molar-refractivity contribution in [2.75, 3.05) is 20.3 Å². The van der Waals surface area contributed by atoms with E-state index in [0.717, 1.165) is 27.8 Å². The van der Waals surface area contributed by atoms with Crippen LogP contribution < -0.4 is 5.32 Å². The molecule has 0 atom stereocenters. The molecule has 0 fully saturated rings. The van der Waals surface area contributed by atoms with Crippen LogP contribution in [0.4, 0.5) is 0 Å². The Bertz CT molecular complexity index is 1210. The van der Waals surface area contributed by atoms with Crippen LogP contribution >= 0.6 is 11.8 Å². The molecule has 168 valence electrons. The standard InChI is InChI=1S/C25H25N5O2S/c1-18-7-9-21(10-8-18)30-23(19-11-13-26-14-12-19)28-29-25(30)33-17-20-5-3-4-6-22(20)24(31)27-15-16-32-2/h3-14H,15-17H2,1-2H3,(H,27,31). The molecule has 4 rings (SSSR count). The van der Waals surface area contributed by atoms with Gasteiger partial charge in [-0.15, -0.1) is 10.2 Å². The van der Waals surface area contributed by atoms with E-state index in [1.54, 1.807) is 31.3 Å². The number of rotatable bonds is 9. The number of methoxy groups -OCH3 is 1. The van der Waals surface area contributed by atoms with Gasteiger partial charge in [0.15, 0.2) is 11.0 Å². The molecule has 0 unspecified atom stereocenters. The van der Waals surface area contributed by atoms with Crippen LogP contribution in [0.3, 0.4) is 0 Å². The van der Waals surface area contributed by atoms with Crippen LogP contribution in [-0.2, 0) is 10.5 Å². The van der Waals surface area contributed by atoms with E-state index in [1.807, 2.05) is 41.0 Å². The molecule has 8 heteroatoms. The first kappa shape index (κ1) is 22.7. The van der Waals surface area contributed by atoms with E-state index in [-0.39, 0.29) is 5.91 Å². The molecule has 0 saturated heterocycles. The van der Waals surface area contributed by atoms with Gasteiger partial charge in [-0.2, -0.15) is 0 Å². The first-order chi connectivity index (χ1) is 16.2. The molecule has 0 spiro atoms. The number of thioether (sulfide) groups is 1. The fraction of sp³-hybridized carbons (Fsp3) is 0.200. The highest BCUT2D eigenvalue weighted by molar-refractivity contribution is 7.98. The van der Waals surface area contributed by atoms with Crippen LogP contribution in [0.1, 0.15) is 21.5 Å². The van der Waals surface area contributed by atoms with Crippen LogP contribution in [0.5, 0.6) is 0 Å². The largest absolute Gasteiger partial charge is 0.383 e. The van der Waals surface area contributed by atoms with E-state index in [4.69, 9.17) is 4.74 Å². The van der Waals surface area contributed by atoms with Gasteiger partial charge in [-0.1, -0.05) is 47.7 Å². The number of nitrogens with one attached hydrogen (secondary N) is 1. The number of benzene rings is 2. The van der Waals surface area contributed by atoms with E-state index in [1.165, 1.54) is 5.56 Å². The molecule has 2 aromatic carbocycles. The predicted molar refractivity (Wildman–Crippen MR) is 130 cm³/mol. The zero-order valence-corrected chi connectivity index (χ0v) is 19.4. The normalized spacial score (nSPS) is 10.8. The zero-order chi connectivity index (χ0) is 23.0. The number of ether oxygens (including phenoxy) is 1. The van der Waals surface area contributed by atoms with Gasteiger partial charge in [0.05, 0.1) is 6.61 Å². The maximum Gasteiger partial charge on any atom is 0.251 e. The first-order valence-corrected chi connectivity index (χ1v) is 11.6. The van der Waals surface area contributed by atoms with Crippen molar-refractivity contribution in [1.29, 1.82) is 0 Å². The van der Waals surface area contributed by atoms with Gasteiger partial charge in [-0.25, -0.2) is 0 Å². The fourth-order valence-corrected chi connectivity index (χ4v) is 4.31. The number of hydrogen-bond donors (Lipinski definition) is 1. The molecule has 0 bridgehead atoms. The molecule has 0 saturated carbocycles. The topological polar surface area (TPSA) is 81.9 Å². The molecule has 4 aromatic rings. The number of amides is 1. The smallest absolute Gasteiger partial charge is 0.251 e. The number of carbonyl (C=O) groups excluding carboxylic acids is 1. The molecular formula is C25H25N5O2S. The second kappa shape index (κ2) is 10.9. The lowest BCUT2D eigenvalue weighted by molar-refractivity contribution is 0.0936. The van der Waals surface area contributed by atoms with Crippen LogP contribution in [0.25, 0.3) is 17.1 Å². The second-order valence-electron chi connectivity index (χ2n) is 7.41. The summed E-state index contributed by atoms with van der Waals surface area (Å²) in [5, 5.41) is 12.6. The van der Waals surface area contributed by atoms with E-state index < -0.39 is 0 Å². The Morgan fingerprint density at radius 2 is 1.79 bits per heavy atom. The maximum atomic E-state index is 12.6. The summed E-state index contributed by atoms with van der Waals surface area (Å²) < 4.78 is 7.07. The Balaban J connectivity index is 1.63. The van der Waals surface area contributed by atoms with Crippen LogP contribution in [0, 0.1) is 6.92 Å². The summed E-state index contributed by atoms with van der Waals surface area (Å²) in [5.74, 6) is 1.21. The Morgan fingerprint density at radius 1 is 1.03 bits per heavy atom. The van der Waals surface area contributed by atoms with Crippen molar-refractivity contribution in [3.8, 4) is 17.1 Å². The van der Waals surface area contributed by atoms with E-state index >= 15 is 0 Å². The lowest BCUT2D eigenvalue weighted by Gasteiger charge is -2.12. The van der Waals surface area contributed by atoms with Gasteiger partial charge in [-0.05, 0) is 42.8 Å². The summed E-state index contributed by atoms with van der Waals surface area (Å²) in [4.78, 5) is 16.8. The van der Waals surface area contributed by atoms with Gasteiger partial charge in [0, 0.05) is 48.6 Å². The number of carbonyl (C=O) groups is 1. The van der Waals surface area contributed by atoms with Gasteiger partial charge < -0.3 is 10.1 Å². The van der Waals surface area contributed by atoms with Crippen molar-refractivity contribution in [2.45, 2.75) is 17.8 Å². The van der Waals surface area contributed by atoms with Crippen molar-refractivity contribution in [3.63, 3.8) is 0 Å². The average Bonchev–Trinajstić information content (AvgIpc) is 3.28. The molecule has 1 amide bonds. The van der Waals surface area contributed by atoms with Gasteiger partial charge in [0.1, 0.15) is 0 Å². The van der Waals surface area contributed by atoms with Gasteiger partial charge >= 0.3 is 0 Å². The molecule has 1 N–H and O–H groups in total. The third-order valence-electron chi connectivity index (χ3n) is 5.07. The lowest BCUT2D eigenvalue weighted by atomic mass is 10.1. The second-order valence-corrected chi connectivity index (χ2v) is 8.35. The summed E-state index contributed by atoms with van der Waals surface area (Å²) >= 11 is 1.54. The van der Waals surface area contributed by atoms with E-state index in [0.29, 0.717) is 24.5 Å². The monoisotopic (exact) mass is 459 g/mol. The third kappa shape index (κ3) is 5.47. The van der Waals surface area contributed by atoms with Crippen LogP contribution in [-0.4, -0.2) is 45.9 Å². The molecule has 2 heterocycles. The van der Waals surface area contributed by atoms with Crippen molar-refractivity contribution in [1.82, 2.24) is 25.1 Å². The zero-order valence-electron chi connectivity index (χ0n) is 18.6. The number of aryl methyl sites for hydroxylation is 1. The van der Waals surface area contributed by atoms with Crippen molar-refractivity contribution in [3.05, 3.63) is 89.7 Å². The molecular weight excluding hydrogens is 434 g/mol. The Morgan fingerprint density at radius 3 is 2.55 bits per heavy atom. The summed E-state index contributed by atoms with van der Waals surface area (Å²) in [6.07, 6.45) is 3.49. The summed E-state index contributed by atoms with van der Waals surface area (Å²) in [6.45, 7) is 3.00. The molecule has 0 aliphatic rings. The van der Waals surface area contributed by atoms with E-state index in [9.17, 15) is 4.79 Å². The van der Waals surface area contributed by atoms with Crippen molar-refractivity contribution >= 4 is 17.7 Å². The average molecular weight is 460 g/mol. The highest BCUT2D eigenvalue weighted by atomic mass is 32.2. The summed E-state index contributed by atoms with van der Waals surface area (Å²) in [5.41, 5.74) is 4.67. The molecule has 0 aliphatic heterocycles. The Hall–Kier alpha value is -3.49. The minimum atomic E-state index is -0.110. The minimum absolute atomic E-state index is 0.110. The Labute approximate surface area is 197 Å². The molecule has 7 nitrogen and oxygen atoms in total. The minimum Gasteiger partial charge on any atom is -0.383 e. The van der Waals surface area contributed by atoms with Gasteiger partial charge in [0.2, 0.25) is 0 Å². The van der Waals surface area contributed by atoms with Crippen LogP contribution in [0.15, 0.2) is 78.2 Å². The number of pyridine rings is 1. The predicted octanol–water partition coefficient (Wildman–Crippen LogP) is 4.31. The third-order valence-corrected chi connectivity index (χ3v) is 6.05. The maximum absolute atomic E-state index is 12.6. The first-order valence-electron chi connectivity index (χ1n) is 10.6. The fourth-order valence-electron chi connectivity index (χ4n) is 3.35. The van der Waals surface area contributed by atoms with Crippen molar-refractivity contribution in [2.24, 2.45) is 0 Å². The quantitative estimate of drug-likeness (QED) is 0.297. The van der Waals surface area contributed by atoms with E-state index in [2.05, 4.69) is 51.7 Å². The number of aromatic nitrogens is 4. The molecule has 0 aliphatic carbocycles. The SMILES string of the molecule is COCCNC(=O)c1ccccc1CSc1nnc(-c2ccncc2)n1-c1ccc(C)cc1. The van der Waals surface area contributed by atoms with Gasteiger partial charge in [0.25, 0.3) is 5.91 Å². The van der Waals surface area contributed by atoms with Crippen molar-refractivity contribution < 1.29 is 9.53 Å². The highest BCUT2D eigenvalue weighted by Crippen LogP contribution is 2.30. The van der Waals surface area contributed by atoms with Gasteiger partial charge in [-0.3, -0.25) is 14.3 Å². The number of hydrogen-bond acceptors (Lipinski definition) is 6. The molecule has 33 heavy (non-hydrogen) atoms. The molecule has 0 radical (unpaired) electrons. The van der Waals surface area contributed by atoms with Crippen LogP contribution in [0.2, 0.25) is 0 Å². The summed E-state index contributed by atoms with van der Waals surface area (Å²) in [7, 11) is 1.61. The summed E-state index contributed by atoms with van der Waals surface area (Å²) in [6, 6.07) is 19.7. The number of nitrogens with zero attached hydrogens (tertiary/aromatic N) is 4. The highest BCUT2D eigenvalue weighted by Gasteiger charge is 2.18.